The molecule has 4 aliphatic carbocycles. The zero-order chi connectivity index (χ0) is 35.2. The molecule has 0 aromatic heterocycles. The van der Waals surface area contributed by atoms with E-state index in [2.05, 4.69) is 19.6 Å². The Hall–Kier alpha value is -1.54. The van der Waals surface area contributed by atoms with E-state index in [9.17, 15) is 45.3 Å². The Morgan fingerprint density at radius 3 is 2.26 bits per heavy atom. The highest BCUT2D eigenvalue weighted by molar-refractivity contribution is 5.90. The van der Waals surface area contributed by atoms with Crippen LogP contribution in [0.3, 0.4) is 0 Å². The van der Waals surface area contributed by atoms with E-state index < -0.39 is 88.8 Å². The van der Waals surface area contributed by atoms with E-state index in [4.69, 9.17) is 9.47 Å². The SMILES string of the molecule is C=C(C)CCC(=O)[C@](C)(O)[C@@H]1[C@H](O)C[C@@]2(C)[C@H]3CC=C4[C@@H](C[C@H](O)[C@@H](O[C@@H]5O[C@H](CO)[C@@H](O)[C@H](O)[C@H]5O)C4(C)C)[C@]3(C)C(=O)C[C@]12C. The summed E-state index contributed by atoms with van der Waals surface area (Å²) in [5.74, 6) is -1.87. The van der Waals surface area contributed by atoms with E-state index in [0.29, 0.717) is 19.3 Å². The first kappa shape index (κ1) is 36.7. The maximum atomic E-state index is 14.6. The number of aliphatic hydroxyl groups is 7. The monoisotopic (exact) mass is 664 g/mol. The van der Waals surface area contributed by atoms with E-state index in [1.54, 1.807) is 0 Å². The summed E-state index contributed by atoms with van der Waals surface area (Å²) in [6, 6.07) is 0. The normalized spacial score (nSPS) is 48.9. The highest BCUT2D eigenvalue weighted by atomic mass is 16.7. The Bertz CT molecular complexity index is 1310. The molecule has 0 aromatic carbocycles. The van der Waals surface area contributed by atoms with Crippen molar-refractivity contribution in [2.75, 3.05) is 6.61 Å². The minimum Gasteiger partial charge on any atom is -0.394 e. The summed E-state index contributed by atoms with van der Waals surface area (Å²) >= 11 is 0. The number of ketones is 2. The Morgan fingerprint density at radius 1 is 1.02 bits per heavy atom. The lowest BCUT2D eigenvalue weighted by atomic mass is 9.38. The van der Waals surface area contributed by atoms with Crippen molar-refractivity contribution in [3.05, 3.63) is 23.8 Å². The first-order valence-corrected chi connectivity index (χ1v) is 17.1. The lowest BCUT2D eigenvalue weighted by Crippen LogP contribution is -2.66. The van der Waals surface area contributed by atoms with E-state index in [1.807, 2.05) is 34.6 Å². The summed E-state index contributed by atoms with van der Waals surface area (Å²) in [4.78, 5) is 28.0. The van der Waals surface area contributed by atoms with Crippen molar-refractivity contribution in [3.8, 4) is 0 Å². The fourth-order valence-corrected chi connectivity index (χ4v) is 10.9. The minimum atomic E-state index is -1.84. The minimum absolute atomic E-state index is 0.0290. The van der Waals surface area contributed by atoms with Gasteiger partial charge in [0.05, 0.1) is 24.9 Å². The van der Waals surface area contributed by atoms with Crippen molar-refractivity contribution in [2.24, 2.45) is 39.4 Å². The lowest BCUT2D eigenvalue weighted by Gasteiger charge is -2.65. The second kappa shape index (κ2) is 12.1. The van der Waals surface area contributed by atoms with Crippen molar-refractivity contribution >= 4 is 11.6 Å². The van der Waals surface area contributed by atoms with Gasteiger partial charge in [-0.1, -0.05) is 51.8 Å². The predicted octanol–water partition coefficient (Wildman–Crippen LogP) is 1.57. The largest absolute Gasteiger partial charge is 0.394 e. The lowest BCUT2D eigenvalue weighted by molar-refractivity contribution is -0.327. The number of rotatable bonds is 8. The van der Waals surface area contributed by atoms with E-state index in [0.717, 1.165) is 11.1 Å². The summed E-state index contributed by atoms with van der Waals surface area (Å²) in [7, 11) is 0. The van der Waals surface area contributed by atoms with Crippen LogP contribution in [0.5, 0.6) is 0 Å². The van der Waals surface area contributed by atoms with Crippen LogP contribution in [0, 0.1) is 39.4 Å². The molecule has 0 aromatic rings. The van der Waals surface area contributed by atoms with Gasteiger partial charge in [0.15, 0.2) is 12.1 Å². The molecule has 11 nitrogen and oxygen atoms in total. The average molecular weight is 665 g/mol. The number of hydrogen-bond donors (Lipinski definition) is 7. The standard InChI is InChI=1S/C36H56O11/c1-17(2)9-12-24(40)36(8,45)29-21(39)14-33(5)23-11-10-18-19(35(23,7)25(41)15-34(29,33)6)13-20(38)30(32(18,3)4)47-31-28(44)27(43)26(42)22(16-37)46-31/h10,19-23,26-31,37-39,42-45H,1,9,11-16H2,2-8H3/t19-,20+,21-,22-,23-,26-,27+,28-,29-,30-,31+,33+,34-,35+,36+/m1/s1. The van der Waals surface area contributed by atoms with Gasteiger partial charge >= 0.3 is 0 Å². The van der Waals surface area contributed by atoms with Gasteiger partial charge in [0.1, 0.15) is 35.8 Å². The molecule has 15 atom stereocenters. The molecule has 7 N–H and O–H groups in total. The quantitative estimate of drug-likeness (QED) is 0.186. The summed E-state index contributed by atoms with van der Waals surface area (Å²) < 4.78 is 11.8. The molecule has 0 spiro atoms. The molecule has 1 heterocycles. The molecule has 3 saturated carbocycles. The van der Waals surface area contributed by atoms with Crippen molar-refractivity contribution in [3.63, 3.8) is 0 Å². The first-order valence-electron chi connectivity index (χ1n) is 17.1. The third kappa shape index (κ3) is 5.26. The maximum absolute atomic E-state index is 14.6. The van der Waals surface area contributed by atoms with Crippen molar-refractivity contribution < 1.29 is 54.8 Å². The Balaban J connectivity index is 1.47. The second-order valence-electron chi connectivity index (χ2n) is 16.8. The first-order chi connectivity index (χ1) is 21.6. The Labute approximate surface area is 277 Å². The molecule has 4 fully saturated rings. The molecule has 266 valence electrons. The number of allylic oxidation sites excluding steroid dienone is 2. The molecule has 0 bridgehead atoms. The molecular formula is C36H56O11. The average Bonchev–Trinajstić information content (AvgIpc) is 3.18. The van der Waals surface area contributed by atoms with Gasteiger partial charge in [-0.25, -0.2) is 0 Å². The zero-order valence-electron chi connectivity index (χ0n) is 28.8. The summed E-state index contributed by atoms with van der Waals surface area (Å²) in [6.45, 7) is 16.3. The van der Waals surface area contributed by atoms with Gasteiger partial charge in [-0.3, -0.25) is 9.59 Å². The molecule has 0 radical (unpaired) electrons. The molecule has 11 heteroatoms. The van der Waals surface area contributed by atoms with E-state index >= 15 is 0 Å². The summed E-state index contributed by atoms with van der Waals surface area (Å²) in [6.07, 6.45) is -6.71. The Morgan fingerprint density at radius 2 is 1.66 bits per heavy atom. The van der Waals surface area contributed by atoms with Crippen LogP contribution in [0.15, 0.2) is 23.8 Å². The van der Waals surface area contributed by atoms with E-state index in [-0.39, 0.29) is 42.7 Å². The predicted molar refractivity (Wildman–Crippen MR) is 170 cm³/mol. The third-order valence-electron chi connectivity index (χ3n) is 13.7. The fourth-order valence-electron chi connectivity index (χ4n) is 10.9. The fraction of sp³-hybridized carbons (Fsp3) is 0.833. The third-order valence-corrected chi connectivity index (χ3v) is 13.7. The molecule has 1 saturated heterocycles. The van der Waals surface area contributed by atoms with Gasteiger partial charge in [0.25, 0.3) is 0 Å². The van der Waals surface area contributed by atoms with Crippen LogP contribution in [0.4, 0.5) is 0 Å². The molecular weight excluding hydrogens is 608 g/mol. The zero-order valence-corrected chi connectivity index (χ0v) is 28.8. The van der Waals surface area contributed by atoms with Gasteiger partial charge < -0.3 is 45.2 Å². The van der Waals surface area contributed by atoms with Gasteiger partial charge in [0, 0.05) is 29.6 Å². The van der Waals surface area contributed by atoms with Crippen molar-refractivity contribution in [2.45, 2.75) is 142 Å². The molecule has 0 unspecified atom stereocenters. The van der Waals surface area contributed by atoms with Gasteiger partial charge in [-0.05, 0) is 62.2 Å². The maximum Gasteiger partial charge on any atom is 0.187 e. The van der Waals surface area contributed by atoms with E-state index in [1.165, 1.54) is 6.92 Å². The van der Waals surface area contributed by atoms with Gasteiger partial charge in [-0.15, -0.1) is 6.58 Å². The number of ether oxygens (including phenoxy) is 2. The van der Waals surface area contributed by atoms with Crippen LogP contribution in [-0.2, 0) is 19.1 Å². The summed E-state index contributed by atoms with van der Waals surface area (Å²) in [5.41, 5.74) is -3.37. The smallest absolute Gasteiger partial charge is 0.187 e. The number of aliphatic hydroxyl groups excluding tert-OH is 6. The van der Waals surface area contributed by atoms with Crippen LogP contribution < -0.4 is 0 Å². The molecule has 5 rings (SSSR count). The Kier molecular flexibility index (Phi) is 9.42. The highest BCUT2D eigenvalue weighted by Gasteiger charge is 2.74. The topological polar surface area (TPSA) is 194 Å². The van der Waals surface area contributed by atoms with Crippen molar-refractivity contribution in [1.82, 2.24) is 0 Å². The van der Waals surface area contributed by atoms with Crippen LogP contribution in [0.2, 0.25) is 0 Å². The van der Waals surface area contributed by atoms with Gasteiger partial charge in [0.2, 0.25) is 0 Å². The molecule has 1 aliphatic heterocycles. The number of hydrogen-bond acceptors (Lipinski definition) is 11. The highest BCUT2D eigenvalue weighted by Crippen LogP contribution is 2.74. The molecule has 5 aliphatic rings. The van der Waals surface area contributed by atoms with Crippen LogP contribution in [-0.4, -0.2) is 109 Å². The number of fused-ring (bicyclic) bond motifs is 5. The summed E-state index contributed by atoms with van der Waals surface area (Å²) in [5, 5.41) is 75.9. The van der Waals surface area contributed by atoms with Crippen LogP contribution >= 0.6 is 0 Å². The number of carbonyl (C=O) groups is 2. The number of Topliss-reactive ketones (excluding diaryl/α,β-unsaturated/α-hetero) is 2. The van der Waals surface area contributed by atoms with Crippen LogP contribution in [0.25, 0.3) is 0 Å². The molecule has 0 amide bonds. The molecule has 47 heavy (non-hydrogen) atoms. The number of carbonyl (C=O) groups excluding carboxylic acids is 2. The van der Waals surface area contributed by atoms with Gasteiger partial charge in [-0.2, -0.15) is 0 Å². The second-order valence-corrected chi connectivity index (χ2v) is 16.8. The van der Waals surface area contributed by atoms with Crippen LogP contribution in [0.1, 0.15) is 87.0 Å². The van der Waals surface area contributed by atoms with Crippen molar-refractivity contribution in [1.29, 1.82) is 0 Å².